The number of aliphatic carboxylic acids is 1. The third-order valence-corrected chi connectivity index (χ3v) is 9.19. The summed E-state index contributed by atoms with van der Waals surface area (Å²) in [7, 11) is 0. The van der Waals surface area contributed by atoms with E-state index in [1.807, 2.05) is 56.9 Å². The first-order valence-electron chi connectivity index (χ1n) is 16.1. The van der Waals surface area contributed by atoms with Gasteiger partial charge in [-0.15, -0.1) is 0 Å². The van der Waals surface area contributed by atoms with Gasteiger partial charge in [-0.25, -0.2) is 9.59 Å². The number of hydrogen-bond acceptors (Lipinski definition) is 4. The highest BCUT2D eigenvalue weighted by Crippen LogP contribution is 2.28. The van der Waals surface area contributed by atoms with Crippen molar-refractivity contribution in [3.63, 3.8) is 0 Å². The van der Waals surface area contributed by atoms with Crippen molar-refractivity contribution in [2.24, 2.45) is 5.92 Å². The number of carbonyl (C=O) groups excluding carboxylic acids is 3. The molecule has 11 heteroatoms. The van der Waals surface area contributed by atoms with Crippen molar-refractivity contribution in [2.45, 2.75) is 129 Å². The zero-order valence-electron chi connectivity index (χ0n) is 26.7. The van der Waals surface area contributed by atoms with E-state index in [1.165, 1.54) is 0 Å². The van der Waals surface area contributed by atoms with Gasteiger partial charge in [0.15, 0.2) is 0 Å². The number of fused-ring (bicyclic) bond motifs is 1. The molecule has 44 heavy (non-hydrogen) atoms. The fourth-order valence-electron chi connectivity index (χ4n) is 6.11. The fourth-order valence-corrected chi connectivity index (χ4v) is 6.69. The van der Waals surface area contributed by atoms with Crippen LogP contribution in [0, 0.1) is 5.92 Å². The molecule has 0 bridgehead atoms. The molecular formula is C33H50BrN5O5. The summed E-state index contributed by atoms with van der Waals surface area (Å²) in [5, 5.41) is 19.3. The summed E-state index contributed by atoms with van der Waals surface area (Å²) >= 11 is 3.57. The molecule has 0 unspecified atom stereocenters. The van der Waals surface area contributed by atoms with Gasteiger partial charge in [-0.05, 0) is 79.4 Å². The highest BCUT2D eigenvalue weighted by Gasteiger charge is 2.34. The average molecular weight is 677 g/mol. The van der Waals surface area contributed by atoms with Gasteiger partial charge in [0.25, 0.3) is 0 Å². The van der Waals surface area contributed by atoms with Crippen molar-refractivity contribution in [3.05, 3.63) is 34.4 Å². The molecule has 1 aliphatic heterocycles. The van der Waals surface area contributed by atoms with Crippen molar-refractivity contribution >= 4 is 50.6 Å². The number of para-hydroxylation sites is 1. The van der Waals surface area contributed by atoms with Crippen molar-refractivity contribution in [1.82, 2.24) is 25.8 Å². The van der Waals surface area contributed by atoms with Gasteiger partial charge in [-0.3, -0.25) is 9.59 Å². The van der Waals surface area contributed by atoms with E-state index >= 15 is 0 Å². The predicted molar refractivity (Wildman–Crippen MR) is 176 cm³/mol. The molecule has 0 radical (unpaired) electrons. The Balaban J connectivity index is 1.86. The van der Waals surface area contributed by atoms with Crippen LogP contribution in [-0.4, -0.2) is 69.0 Å². The molecule has 1 aliphatic rings. The zero-order chi connectivity index (χ0) is 32.4. The van der Waals surface area contributed by atoms with Crippen LogP contribution in [0.4, 0.5) is 4.79 Å². The van der Waals surface area contributed by atoms with E-state index in [0.29, 0.717) is 23.9 Å². The summed E-state index contributed by atoms with van der Waals surface area (Å²) in [6.45, 7) is 10.1. The molecule has 5 N–H and O–H groups in total. The van der Waals surface area contributed by atoms with E-state index in [4.69, 9.17) is 0 Å². The minimum Gasteiger partial charge on any atom is -0.480 e. The largest absolute Gasteiger partial charge is 0.480 e. The van der Waals surface area contributed by atoms with E-state index in [-0.39, 0.29) is 30.5 Å². The lowest BCUT2D eigenvalue weighted by molar-refractivity contribution is -0.142. The van der Waals surface area contributed by atoms with Crippen LogP contribution >= 0.6 is 15.9 Å². The number of carbonyl (C=O) groups is 4. The molecule has 4 amide bonds. The number of urea groups is 1. The van der Waals surface area contributed by atoms with Gasteiger partial charge in [-0.1, -0.05) is 64.7 Å². The van der Waals surface area contributed by atoms with Gasteiger partial charge >= 0.3 is 12.0 Å². The number of amides is 4. The second kappa shape index (κ2) is 16.8. The Bertz CT molecular complexity index is 1270. The maximum Gasteiger partial charge on any atom is 0.326 e. The number of likely N-dealkylation sites (tertiary alicyclic amines) is 1. The number of nitrogens with one attached hydrogen (secondary N) is 4. The fraction of sp³-hybridized carbons (Fsp3) is 0.636. The summed E-state index contributed by atoms with van der Waals surface area (Å²) in [6.07, 6.45) is 7.23. The van der Waals surface area contributed by atoms with Crippen molar-refractivity contribution in [2.75, 3.05) is 0 Å². The van der Waals surface area contributed by atoms with Crippen molar-refractivity contribution < 1.29 is 24.3 Å². The van der Waals surface area contributed by atoms with Gasteiger partial charge in [0, 0.05) is 29.4 Å². The van der Waals surface area contributed by atoms with Gasteiger partial charge < -0.3 is 30.9 Å². The molecule has 1 aromatic carbocycles. The highest BCUT2D eigenvalue weighted by atomic mass is 79.9. The quantitative estimate of drug-likeness (QED) is 0.150. The first kappa shape index (κ1) is 35.4. The molecule has 10 nitrogen and oxygen atoms in total. The third kappa shape index (κ3) is 9.71. The molecule has 1 saturated heterocycles. The Morgan fingerprint density at radius 2 is 1.59 bits per heavy atom. The summed E-state index contributed by atoms with van der Waals surface area (Å²) < 4.78 is 0.681. The first-order valence-corrected chi connectivity index (χ1v) is 16.9. The molecular weight excluding hydrogens is 626 g/mol. The molecule has 244 valence electrons. The SMILES string of the molecule is CCCCCC[C@@H](NC(=O)[C@@H](Cc1c(Br)[nH]c2ccccc12)NC(=O)[C@H](CC(C)C)NC(=O)N1[C@H](C)CCC[C@@H]1C)C(=O)O. The molecule has 1 fully saturated rings. The number of H-pyrrole nitrogens is 1. The Morgan fingerprint density at radius 1 is 0.955 bits per heavy atom. The molecule has 0 saturated carbocycles. The molecule has 0 spiro atoms. The predicted octanol–water partition coefficient (Wildman–Crippen LogP) is 5.88. The molecule has 2 heterocycles. The zero-order valence-corrected chi connectivity index (χ0v) is 28.3. The minimum absolute atomic E-state index is 0.0598. The second-order valence-corrected chi connectivity index (χ2v) is 13.4. The Labute approximate surface area is 269 Å². The maximum atomic E-state index is 13.9. The van der Waals surface area contributed by atoms with Gasteiger partial charge in [0.1, 0.15) is 18.1 Å². The third-order valence-electron chi connectivity index (χ3n) is 8.51. The summed E-state index contributed by atoms with van der Waals surface area (Å²) in [5.41, 5.74) is 1.66. The number of carboxylic acid groups (broad SMARTS) is 1. The number of benzene rings is 1. The molecule has 5 atom stereocenters. The van der Waals surface area contributed by atoms with Crippen LogP contribution in [0.1, 0.15) is 98.0 Å². The maximum absolute atomic E-state index is 13.9. The Hall–Kier alpha value is -3.08. The standard InChI is InChI=1S/C33H50BrN5O5/c1-6-7-8-9-17-26(32(42)43)36-31(41)28(19-24-23-15-10-11-16-25(23)35-29(24)34)37-30(40)27(18-20(2)3)38-33(44)39-21(4)13-12-14-22(39)5/h10-11,15-16,20-22,26-28,35H,6-9,12-14,17-19H2,1-5H3,(H,36,41)(H,37,40)(H,38,44)(H,42,43)/t21-,22+,26-,27+,28-/m1/s1. The number of carboxylic acids is 1. The van der Waals surface area contributed by atoms with Gasteiger partial charge in [0.05, 0.1) is 4.60 Å². The van der Waals surface area contributed by atoms with Gasteiger partial charge in [0.2, 0.25) is 11.8 Å². The number of nitrogens with zero attached hydrogens (tertiary/aromatic N) is 1. The first-order chi connectivity index (χ1) is 20.9. The van der Waals surface area contributed by atoms with E-state index in [0.717, 1.165) is 55.0 Å². The number of aromatic nitrogens is 1. The summed E-state index contributed by atoms with van der Waals surface area (Å²) in [5.74, 6) is -2.07. The Morgan fingerprint density at radius 3 is 2.23 bits per heavy atom. The summed E-state index contributed by atoms with van der Waals surface area (Å²) in [4.78, 5) is 58.2. The minimum atomic E-state index is -1.11. The number of unbranched alkanes of at least 4 members (excludes halogenated alkanes) is 3. The van der Waals surface area contributed by atoms with Crippen LogP contribution in [0.3, 0.4) is 0 Å². The van der Waals surface area contributed by atoms with E-state index in [9.17, 15) is 24.3 Å². The number of hydrogen-bond donors (Lipinski definition) is 5. The van der Waals surface area contributed by atoms with Crippen molar-refractivity contribution in [1.29, 1.82) is 0 Å². The Kier molecular flexibility index (Phi) is 13.5. The molecule has 3 rings (SSSR count). The van der Waals surface area contributed by atoms with E-state index in [2.05, 4.69) is 43.8 Å². The lowest BCUT2D eigenvalue weighted by atomic mass is 9.97. The van der Waals surface area contributed by atoms with Crippen molar-refractivity contribution in [3.8, 4) is 0 Å². The smallest absolute Gasteiger partial charge is 0.326 e. The van der Waals surface area contributed by atoms with Crippen LogP contribution in [0.2, 0.25) is 0 Å². The second-order valence-electron chi connectivity index (χ2n) is 12.6. The summed E-state index contributed by atoms with van der Waals surface area (Å²) in [6, 6.07) is 4.47. The lowest BCUT2D eigenvalue weighted by Gasteiger charge is -2.39. The lowest BCUT2D eigenvalue weighted by Crippen LogP contribution is -2.59. The van der Waals surface area contributed by atoms with Gasteiger partial charge in [-0.2, -0.15) is 0 Å². The van der Waals surface area contributed by atoms with E-state index < -0.39 is 35.9 Å². The monoisotopic (exact) mass is 675 g/mol. The van der Waals surface area contributed by atoms with Crippen LogP contribution in [0.25, 0.3) is 10.9 Å². The number of rotatable bonds is 15. The molecule has 0 aliphatic carbocycles. The highest BCUT2D eigenvalue weighted by molar-refractivity contribution is 9.10. The van der Waals surface area contributed by atoms with Crippen LogP contribution in [0.5, 0.6) is 0 Å². The molecule has 1 aromatic heterocycles. The van der Waals surface area contributed by atoms with Crippen LogP contribution in [0.15, 0.2) is 28.9 Å². The van der Waals surface area contributed by atoms with Crippen LogP contribution < -0.4 is 16.0 Å². The van der Waals surface area contributed by atoms with Crippen LogP contribution in [-0.2, 0) is 20.8 Å². The number of piperidine rings is 1. The van der Waals surface area contributed by atoms with E-state index in [1.54, 1.807) is 0 Å². The number of aromatic amines is 1. The average Bonchev–Trinajstić information content (AvgIpc) is 3.27. The topological polar surface area (TPSA) is 144 Å². The molecule has 2 aromatic rings. The number of halogens is 1. The normalized spacial score (nSPS) is 18.9.